The summed E-state index contributed by atoms with van der Waals surface area (Å²) in [5.74, 6) is 2.65. The highest BCUT2D eigenvalue weighted by Gasteiger charge is 2.51. The molecule has 2 unspecified atom stereocenters. The van der Waals surface area contributed by atoms with E-state index in [0.29, 0.717) is 35.3 Å². The molecule has 7 nitrogen and oxygen atoms in total. The van der Waals surface area contributed by atoms with E-state index in [1.807, 2.05) is 61.5 Å². The first-order chi connectivity index (χ1) is 16.1. The van der Waals surface area contributed by atoms with Crippen LogP contribution in [-0.4, -0.2) is 39.9 Å². The maximum Gasteiger partial charge on any atom is 0.271 e. The van der Waals surface area contributed by atoms with Crippen molar-refractivity contribution in [2.45, 2.75) is 19.1 Å². The van der Waals surface area contributed by atoms with Gasteiger partial charge in [-0.05, 0) is 36.8 Å². The number of ether oxygens (including phenoxy) is 5. The number of amides is 1. The van der Waals surface area contributed by atoms with Crippen molar-refractivity contribution in [3.8, 4) is 28.7 Å². The maximum atomic E-state index is 13.3. The van der Waals surface area contributed by atoms with Gasteiger partial charge in [-0.25, -0.2) is 0 Å². The Balaban J connectivity index is 1.74. The van der Waals surface area contributed by atoms with Gasteiger partial charge in [-0.15, -0.1) is 0 Å². The summed E-state index contributed by atoms with van der Waals surface area (Å²) in [6.07, 6.45) is -0.676. The number of hydrogen-bond acceptors (Lipinski definition) is 6. The average Bonchev–Trinajstić information content (AvgIpc) is 2.86. The predicted octanol–water partition coefficient (Wildman–Crippen LogP) is 4.65. The number of benzene rings is 3. The number of methoxy groups -OCH3 is 3. The van der Waals surface area contributed by atoms with Gasteiger partial charge in [-0.1, -0.05) is 30.3 Å². The number of para-hydroxylation sites is 1. The van der Waals surface area contributed by atoms with E-state index in [1.54, 1.807) is 38.4 Å². The lowest BCUT2D eigenvalue weighted by atomic mass is 9.89. The van der Waals surface area contributed by atoms with E-state index in [9.17, 15) is 4.79 Å². The summed E-state index contributed by atoms with van der Waals surface area (Å²) in [4.78, 5) is 15.0. The van der Waals surface area contributed by atoms with Gasteiger partial charge >= 0.3 is 0 Å². The highest BCUT2D eigenvalue weighted by molar-refractivity contribution is 6.05. The van der Waals surface area contributed by atoms with E-state index >= 15 is 0 Å². The normalized spacial score (nSPS) is 17.2. The quantitative estimate of drug-likeness (QED) is 0.443. The van der Waals surface area contributed by atoms with Gasteiger partial charge in [0.05, 0.1) is 33.6 Å². The van der Waals surface area contributed by atoms with Crippen LogP contribution in [0, 0.1) is 0 Å². The van der Waals surface area contributed by atoms with E-state index in [2.05, 4.69) is 0 Å². The van der Waals surface area contributed by atoms with Crippen molar-refractivity contribution in [1.82, 2.24) is 0 Å². The molecule has 1 fully saturated rings. The molecule has 0 N–H and O–H groups in total. The minimum Gasteiger partial charge on any atom is -0.494 e. The standard InChI is InChI=1S/C26H27NO6/c1-5-32-19-13-11-17(12-14-19)23-25(33-20-9-7-6-8-10-20)26(28)27(23)18-15-21(29-2)24(31-4)22(16-18)30-3/h6-16,23,25H,5H2,1-4H3. The molecule has 0 saturated carbocycles. The van der Waals surface area contributed by atoms with Crippen LogP contribution in [0.25, 0.3) is 0 Å². The third kappa shape index (κ3) is 4.26. The second kappa shape index (κ2) is 9.73. The minimum absolute atomic E-state index is 0.160. The third-order valence-electron chi connectivity index (χ3n) is 5.51. The summed E-state index contributed by atoms with van der Waals surface area (Å²) < 4.78 is 28.1. The Bertz CT molecular complexity index is 1070. The molecule has 1 aliphatic heterocycles. The monoisotopic (exact) mass is 449 g/mol. The Hall–Kier alpha value is -3.87. The van der Waals surface area contributed by atoms with E-state index in [1.165, 1.54) is 0 Å². The molecule has 0 bridgehead atoms. The third-order valence-corrected chi connectivity index (χ3v) is 5.51. The molecule has 0 spiro atoms. The molecule has 1 aliphatic rings. The molecule has 3 aromatic rings. The largest absolute Gasteiger partial charge is 0.494 e. The van der Waals surface area contributed by atoms with Crippen molar-refractivity contribution < 1.29 is 28.5 Å². The maximum absolute atomic E-state index is 13.3. The number of β-lactam (4-membered cyclic amide) rings is 1. The zero-order valence-electron chi connectivity index (χ0n) is 19.1. The molecule has 1 saturated heterocycles. The number of carbonyl (C=O) groups is 1. The Morgan fingerprint density at radius 2 is 1.45 bits per heavy atom. The highest BCUT2D eigenvalue weighted by atomic mass is 16.5. The number of carbonyl (C=O) groups excluding carboxylic acids is 1. The van der Waals surface area contributed by atoms with Gasteiger partial charge in [0.1, 0.15) is 17.5 Å². The molecule has 0 radical (unpaired) electrons. The molecule has 172 valence electrons. The van der Waals surface area contributed by atoms with Crippen molar-refractivity contribution in [2.75, 3.05) is 32.8 Å². The predicted molar refractivity (Wildman–Crippen MR) is 125 cm³/mol. The highest BCUT2D eigenvalue weighted by Crippen LogP contribution is 2.47. The fourth-order valence-corrected chi connectivity index (χ4v) is 3.97. The zero-order valence-corrected chi connectivity index (χ0v) is 19.1. The summed E-state index contributed by atoms with van der Waals surface area (Å²) in [5.41, 5.74) is 1.55. The Labute approximate surface area is 193 Å². The van der Waals surface area contributed by atoms with Crippen molar-refractivity contribution in [3.63, 3.8) is 0 Å². The second-order valence-electron chi connectivity index (χ2n) is 7.39. The fourth-order valence-electron chi connectivity index (χ4n) is 3.97. The summed E-state index contributed by atoms with van der Waals surface area (Å²) in [6.45, 7) is 2.52. The van der Waals surface area contributed by atoms with Crippen LogP contribution in [0.3, 0.4) is 0 Å². The van der Waals surface area contributed by atoms with Gasteiger partial charge in [0.25, 0.3) is 5.91 Å². The molecule has 0 aromatic heterocycles. The van der Waals surface area contributed by atoms with E-state index in [4.69, 9.17) is 23.7 Å². The SMILES string of the molecule is CCOc1ccc(C2C(Oc3ccccc3)C(=O)N2c2cc(OC)c(OC)c(OC)c2)cc1. The second-order valence-corrected chi connectivity index (χ2v) is 7.39. The van der Waals surface area contributed by atoms with Gasteiger partial charge < -0.3 is 23.7 Å². The lowest BCUT2D eigenvalue weighted by Crippen LogP contribution is -2.61. The molecule has 7 heteroatoms. The van der Waals surface area contributed by atoms with E-state index < -0.39 is 6.10 Å². The van der Waals surface area contributed by atoms with Gasteiger partial charge in [0.2, 0.25) is 11.9 Å². The van der Waals surface area contributed by atoms with Crippen molar-refractivity contribution in [1.29, 1.82) is 0 Å². The molecule has 2 atom stereocenters. The van der Waals surface area contributed by atoms with Crippen molar-refractivity contribution in [2.24, 2.45) is 0 Å². The molecule has 3 aromatic carbocycles. The van der Waals surface area contributed by atoms with Crippen LogP contribution in [0.2, 0.25) is 0 Å². The minimum atomic E-state index is -0.676. The van der Waals surface area contributed by atoms with E-state index in [0.717, 1.165) is 11.3 Å². The first kappa shape index (κ1) is 22.3. The summed E-state index contributed by atoms with van der Waals surface area (Å²) >= 11 is 0. The van der Waals surface area contributed by atoms with Crippen LogP contribution in [0.5, 0.6) is 28.7 Å². The van der Waals surface area contributed by atoms with Gasteiger partial charge in [0, 0.05) is 12.1 Å². The molecule has 1 amide bonds. The van der Waals surface area contributed by atoms with E-state index in [-0.39, 0.29) is 11.9 Å². The number of rotatable bonds is 9. The smallest absolute Gasteiger partial charge is 0.271 e. The summed E-state index contributed by atoms with van der Waals surface area (Å²) in [6, 6.07) is 20.2. The molecular weight excluding hydrogens is 422 g/mol. The zero-order chi connectivity index (χ0) is 23.4. The van der Waals surface area contributed by atoms with Crippen LogP contribution in [-0.2, 0) is 4.79 Å². The van der Waals surface area contributed by atoms with Crippen molar-refractivity contribution in [3.05, 3.63) is 72.3 Å². The Kier molecular flexibility index (Phi) is 6.58. The topological polar surface area (TPSA) is 66.5 Å². The van der Waals surface area contributed by atoms with Crippen LogP contribution < -0.4 is 28.6 Å². The van der Waals surface area contributed by atoms with Gasteiger partial charge in [-0.2, -0.15) is 0 Å². The van der Waals surface area contributed by atoms with Crippen LogP contribution in [0.15, 0.2) is 66.7 Å². The fraction of sp³-hybridized carbons (Fsp3) is 0.269. The molecule has 4 rings (SSSR count). The first-order valence-electron chi connectivity index (χ1n) is 10.7. The molecule has 1 heterocycles. The molecular formula is C26H27NO6. The molecule has 0 aliphatic carbocycles. The summed E-state index contributed by atoms with van der Waals surface area (Å²) in [7, 11) is 4.63. The lowest BCUT2D eigenvalue weighted by Gasteiger charge is -2.46. The Morgan fingerprint density at radius 3 is 2.00 bits per heavy atom. The first-order valence-corrected chi connectivity index (χ1v) is 10.7. The Morgan fingerprint density at radius 1 is 0.818 bits per heavy atom. The van der Waals surface area contributed by atoms with Crippen LogP contribution in [0.4, 0.5) is 5.69 Å². The number of anilines is 1. The van der Waals surface area contributed by atoms with Crippen molar-refractivity contribution >= 4 is 11.6 Å². The number of hydrogen-bond donors (Lipinski definition) is 0. The number of nitrogens with zero attached hydrogens (tertiary/aromatic N) is 1. The van der Waals surface area contributed by atoms with Gasteiger partial charge in [-0.3, -0.25) is 9.69 Å². The average molecular weight is 450 g/mol. The van der Waals surface area contributed by atoms with Crippen LogP contribution in [0.1, 0.15) is 18.5 Å². The van der Waals surface area contributed by atoms with Crippen LogP contribution >= 0.6 is 0 Å². The molecule has 33 heavy (non-hydrogen) atoms. The lowest BCUT2D eigenvalue weighted by molar-refractivity contribution is -0.135. The van der Waals surface area contributed by atoms with Gasteiger partial charge in [0.15, 0.2) is 11.5 Å². The summed E-state index contributed by atoms with van der Waals surface area (Å²) in [5, 5.41) is 0.